The maximum Gasteiger partial charge on any atom is 0.306 e. The minimum atomic E-state index is -0.568. The average molecular weight is 354 g/mol. The molecule has 3 heterocycles. The molecule has 3 amide bonds. The summed E-state index contributed by atoms with van der Waals surface area (Å²) in [4.78, 5) is 48.9. The lowest BCUT2D eigenvalue weighted by atomic mass is 9.81. The molecule has 3 aliphatic rings. The summed E-state index contributed by atoms with van der Waals surface area (Å²) in [6.07, 6.45) is 1.18. The van der Waals surface area contributed by atoms with Gasteiger partial charge in [-0.2, -0.15) is 0 Å². The highest BCUT2D eigenvalue weighted by atomic mass is 16.5. The van der Waals surface area contributed by atoms with Crippen LogP contribution < -0.4 is 5.32 Å². The number of aliphatic hydroxyl groups excluding tert-OH is 1. The molecule has 9 heteroatoms. The SMILES string of the molecule is O=C(CCC(=O)OCCN1C(=O)C2C3CCC(O3)C2C1=O)NCCO. The van der Waals surface area contributed by atoms with Crippen LogP contribution in [0.25, 0.3) is 0 Å². The third kappa shape index (κ3) is 3.52. The number of hydrogen-bond donors (Lipinski definition) is 2. The van der Waals surface area contributed by atoms with Crippen molar-refractivity contribution >= 4 is 23.7 Å². The van der Waals surface area contributed by atoms with Gasteiger partial charge in [-0.1, -0.05) is 0 Å². The van der Waals surface area contributed by atoms with Gasteiger partial charge in [-0.05, 0) is 12.8 Å². The van der Waals surface area contributed by atoms with E-state index in [1.807, 2.05) is 0 Å². The Morgan fingerprint density at radius 1 is 1.16 bits per heavy atom. The van der Waals surface area contributed by atoms with Gasteiger partial charge in [0.05, 0.1) is 43.6 Å². The van der Waals surface area contributed by atoms with E-state index < -0.39 is 5.97 Å². The van der Waals surface area contributed by atoms with Crippen molar-refractivity contribution in [3.05, 3.63) is 0 Å². The number of hydrogen-bond acceptors (Lipinski definition) is 7. The number of imide groups is 1. The highest BCUT2D eigenvalue weighted by Crippen LogP contribution is 2.48. The summed E-state index contributed by atoms with van der Waals surface area (Å²) in [6, 6.07) is 0. The van der Waals surface area contributed by atoms with Gasteiger partial charge in [-0.15, -0.1) is 0 Å². The fourth-order valence-corrected chi connectivity index (χ4v) is 3.82. The molecule has 9 nitrogen and oxygen atoms in total. The van der Waals surface area contributed by atoms with Gasteiger partial charge in [0.15, 0.2) is 0 Å². The molecule has 0 aromatic rings. The maximum absolute atomic E-state index is 12.4. The van der Waals surface area contributed by atoms with E-state index in [1.54, 1.807) is 0 Å². The highest BCUT2D eigenvalue weighted by Gasteiger charge is 2.62. The zero-order chi connectivity index (χ0) is 18.0. The fourth-order valence-electron chi connectivity index (χ4n) is 3.82. The quantitative estimate of drug-likeness (QED) is 0.405. The van der Waals surface area contributed by atoms with E-state index in [4.69, 9.17) is 14.6 Å². The predicted octanol–water partition coefficient (Wildman–Crippen LogP) is -1.42. The second-order valence-corrected chi connectivity index (χ2v) is 6.46. The number of carbonyl (C=O) groups is 4. The molecule has 0 aliphatic carbocycles. The van der Waals surface area contributed by atoms with Crippen LogP contribution in [0.4, 0.5) is 0 Å². The first-order valence-electron chi connectivity index (χ1n) is 8.56. The van der Waals surface area contributed by atoms with Crippen molar-refractivity contribution in [2.75, 3.05) is 26.3 Å². The van der Waals surface area contributed by atoms with E-state index in [0.717, 1.165) is 12.8 Å². The third-order valence-electron chi connectivity index (χ3n) is 4.94. The van der Waals surface area contributed by atoms with E-state index >= 15 is 0 Å². The molecule has 25 heavy (non-hydrogen) atoms. The van der Waals surface area contributed by atoms with Crippen LogP contribution >= 0.6 is 0 Å². The summed E-state index contributed by atoms with van der Waals surface area (Å²) < 4.78 is 10.6. The molecule has 3 rings (SSSR count). The molecule has 4 unspecified atom stereocenters. The first-order chi connectivity index (χ1) is 12.0. The smallest absolute Gasteiger partial charge is 0.306 e. The number of likely N-dealkylation sites (tertiary alicyclic amines) is 1. The Morgan fingerprint density at radius 2 is 1.80 bits per heavy atom. The molecule has 3 aliphatic heterocycles. The van der Waals surface area contributed by atoms with E-state index in [9.17, 15) is 19.2 Å². The van der Waals surface area contributed by atoms with Gasteiger partial charge in [0.25, 0.3) is 0 Å². The van der Waals surface area contributed by atoms with Gasteiger partial charge in [0, 0.05) is 13.0 Å². The van der Waals surface area contributed by atoms with E-state index in [1.165, 1.54) is 4.90 Å². The van der Waals surface area contributed by atoms with Gasteiger partial charge < -0.3 is 19.9 Å². The topological polar surface area (TPSA) is 122 Å². The molecule has 0 saturated carbocycles. The maximum atomic E-state index is 12.4. The van der Waals surface area contributed by atoms with E-state index in [-0.39, 0.29) is 80.9 Å². The first-order valence-corrected chi connectivity index (χ1v) is 8.56. The minimum Gasteiger partial charge on any atom is -0.464 e. The number of esters is 1. The van der Waals surface area contributed by atoms with Crippen molar-refractivity contribution in [2.24, 2.45) is 11.8 Å². The number of rotatable bonds is 8. The van der Waals surface area contributed by atoms with Gasteiger partial charge in [0.1, 0.15) is 6.61 Å². The van der Waals surface area contributed by atoms with Crippen LogP contribution in [0.3, 0.4) is 0 Å². The van der Waals surface area contributed by atoms with Crippen molar-refractivity contribution in [3.63, 3.8) is 0 Å². The molecular weight excluding hydrogens is 332 g/mol. The second kappa shape index (κ2) is 7.49. The molecule has 0 aromatic carbocycles. The van der Waals surface area contributed by atoms with Crippen LogP contribution in [0.5, 0.6) is 0 Å². The summed E-state index contributed by atoms with van der Waals surface area (Å²) in [5.74, 6) is -2.14. The molecule has 3 fully saturated rings. The Morgan fingerprint density at radius 3 is 2.40 bits per heavy atom. The number of aliphatic hydroxyl groups is 1. The molecule has 0 radical (unpaired) electrons. The zero-order valence-electron chi connectivity index (χ0n) is 13.8. The third-order valence-corrected chi connectivity index (χ3v) is 4.94. The van der Waals surface area contributed by atoms with Crippen molar-refractivity contribution < 1.29 is 33.8 Å². The summed E-state index contributed by atoms with van der Waals surface area (Å²) in [5.41, 5.74) is 0. The van der Waals surface area contributed by atoms with Gasteiger partial charge in [-0.3, -0.25) is 24.1 Å². The largest absolute Gasteiger partial charge is 0.464 e. The Kier molecular flexibility index (Phi) is 5.33. The van der Waals surface area contributed by atoms with Gasteiger partial charge in [0.2, 0.25) is 17.7 Å². The van der Waals surface area contributed by atoms with Crippen LogP contribution in [-0.4, -0.2) is 72.2 Å². The lowest BCUT2D eigenvalue weighted by Gasteiger charge is -2.17. The number of carbonyl (C=O) groups excluding carboxylic acids is 4. The number of fused-ring (bicyclic) bond motifs is 5. The van der Waals surface area contributed by atoms with Crippen LogP contribution in [0.15, 0.2) is 0 Å². The van der Waals surface area contributed by atoms with E-state index in [2.05, 4.69) is 5.32 Å². The van der Waals surface area contributed by atoms with Crippen LogP contribution in [-0.2, 0) is 28.7 Å². The standard InChI is InChI=1S/C16H22N2O7/c19-7-5-17-11(20)3-4-12(21)24-8-6-18-15(22)13-9-1-2-10(25-9)14(13)16(18)23/h9-10,13-14,19H,1-8H2,(H,17,20). The lowest BCUT2D eigenvalue weighted by Crippen LogP contribution is -2.37. The number of nitrogens with zero attached hydrogens (tertiary/aromatic N) is 1. The van der Waals surface area contributed by atoms with Crippen molar-refractivity contribution in [1.82, 2.24) is 10.2 Å². The molecule has 2 bridgehead atoms. The van der Waals surface area contributed by atoms with Crippen molar-refractivity contribution in [3.8, 4) is 0 Å². The molecular formula is C16H22N2O7. The van der Waals surface area contributed by atoms with E-state index in [0.29, 0.717) is 0 Å². The predicted molar refractivity (Wildman–Crippen MR) is 81.9 cm³/mol. The normalized spacial score (nSPS) is 29.9. The molecule has 0 spiro atoms. The summed E-state index contributed by atoms with van der Waals surface area (Å²) in [5, 5.41) is 11.0. The Hall–Kier alpha value is -2.00. The van der Waals surface area contributed by atoms with Crippen LogP contribution in [0.1, 0.15) is 25.7 Å². The monoisotopic (exact) mass is 354 g/mol. The van der Waals surface area contributed by atoms with Crippen LogP contribution in [0, 0.1) is 11.8 Å². The lowest BCUT2D eigenvalue weighted by molar-refractivity contribution is -0.150. The number of ether oxygens (including phenoxy) is 2. The second-order valence-electron chi connectivity index (χ2n) is 6.46. The summed E-state index contributed by atoms with van der Waals surface area (Å²) >= 11 is 0. The molecule has 0 aromatic heterocycles. The molecule has 138 valence electrons. The first kappa shape index (κ1) is 17.8. The van der Waals surface area contributed by atoms with Gasteiger partial charge in [-0.25, -0.2) is 0 Å². The highest BCUT2D eigenvalue weighted by molar-refractivity contribution is 6.06. The molecule has 3 saturated heterocycles. The van der Waals surface area contributed by atoms with Gasteiger partial charge >= 0.3 is 5.97 Å². The Balaban J connectivity index is 1.39. The Bertz CT molecular complexity index is 551. The average Bonchev–Trinajstić information content (AvgIpc) is 3.27. The molecule has 2 N–H and O–H groups in total. The molecule has 4 atom stereocenters. The summed E-state index contributed by atoms with van der Waals surface area (Å²) in [6.45, 7) is -0.0688. The van der Waals surface area contributed by atoms with Crippen molar-refractivity contribution in [2.45, 2.75) is 37.9 Å². The Labute approximate surface area is 144 Å². The summed E-state index contributed by atoms with van der Waals surface area (Å²) in [7, 11) is 0. The van der Waals surface area contributed by atoms with Crippen LogP contribution in [0.2, 0.25) is 0 Å². The van der Waals surface area contributed by atoms with Crippen molar-refractivity contribution in [1.29, 1.82) is 0 Å². The number of nitrogens with one attached hydrogen (secondary N) is 1. The fraction of sp³-hybridized carbons (Fsp3) is 0.750. The minimum absolute atomic E-state index is 0.0343. The number of amides is 3. The zero-order valence-corrected chi connectivity index (χ0v) is 13.8.